The van der Waals surface area contributed by atoms with E-state index in [2.05, 4.69) is 57.9 Å². The highest BCUT2D eigenvalue weighted by molar-refractivity contribution is 5.66. The minimum atomic E-state index is -0.459. The molecule has 8 aliphatic carbocycles. The minimum absolute atomic E-state index is 0.00741. The molecule has 12 rings (SSSR count). The van der Waals surface area contributed by atoms with Crippen molar-refractivity contribution in [3.63, 3.8) is 0 Å². The average molecular weight is 1060 g/mol. The van der Waals surface area contributed by atoms with E-state index in [1.54, 1.807) is 18.7 Å². The second kappa shape index (κ2) is 21.8. The summed E-state index contributed by atoms with van der Waals surface area (Å²) in [4.78, 5) is 29.0. The number of likely N-dealkylation sites (tertiary alicyclic amines) is 2. The number of nitrogens with zero attached hydrogens (tertiary/aromatic N) is 3. The number of hydrogen-bond donors (Lipinski definition) is 2. The van der Waals surface area contributed by atoms with Crippen LogP contribution in [0.15, 0.2) is 25.3 Å². The molecular weight excluding hydrogens is 953 g/mol. The predicted molar refractivity (Wildman–Crippen MR) is 294 cm³/mol. The molecule has 12 fully saturated rings. The number of carbonyl (C=O) groups is 2. The van der Waals surface area contributed by atoms with Crippen LogP contribution < -0.4 is 10.0 Å². The number of fused-ring (bicyclic) bond motifs is 10. The zero-order valence-electron chi connectivity index (χ0n) is 48.6. The summed E-state index contributed by atoms with van der Waals surface area (Å²) >= 11 is 0. The number of aliphatic hydroxyl groups excluding tert-OH is 1. The van der Waals surface area contributed by atoms with Crippen molar-refractivity contribution in [1.82, 2.24) is 4.90 Å². The van der Waals surface area contributed by atoms with Crippen LogP contribution in [-0.2, 0) is 28.5 Å². The maximum absolute atomic E-state index is 13.5. The zero-order chi connectivity index (χ0) is 53.4. The largest absolute Gasteiger partial charge is 0.851 e. The first-order chi connectivity index (χ1) is 36.4. The lowest BCUT2D eigenvalue weighted by atomic mass is 9.44. The Morgan fingerprint density at radius 3 is 1.58 bits per heavy atom. The fraction of sp³-hybridized carbons (Fsp3) is 0.906. The van der Waals surface area contributed by atoms with Gasteiger partial charge in [0, 0.05) is 82.7 Å². The molecule has 0 bridgehead atoms. The average Bonchev–Trinajstić information content (AvgIpc) is 4.28. The highest BCUT2D eigenvalue weighted by Crippen LogP contribution is 2.69. The van der Waals surface area contributed by atoms with Gasteiger partial charge in [0.2, 0.25) is 0 Å². The van der Waals surface area contributed by atoms with Crippen molar-refractivity contribution in [2.75, 3.05) is 91.9 Å². The number of rotatable bonds is 10. The van der Waals surface area contributed by atoms with Crippen molar-refractivity contribution >= 4 is 11.9 Å². The third-order valence-electron chi connectivity index (χ3n) is 26.3. The smallest absolute Gasteiger partial charge is 0.303 e. The Labute approximate surface area is 459 Å². The van der Waals surface area contributed by atoms with E-state index in [0.29, 0.717) is 65.0 Å². The summed E-state index contributed by atoms with van der Waals surface area (Å²) in [6.45, 7) is 35.5. The highest BCUT2D eigenvalue weighted by Gasteiger charge is 2.70. The topological polar surface area (TPSA) is 122 Å². The molecule has 76 heavy (non-hydrogen) atoms. The molecule has 12 nitrogen and oxygen atoms in total. The molecule has 0 aromatic rings. The van der Waals surface area contributed by atoms with Crippen LogP contribution in [0.2, 0.25) is 0 Å². The van der Waals surface area contributed by atoms with Crippen molar-refractivity contribution in [2.24, 2.45) is 69.0 Å². The normalized spacial score (nSPS) is 48.5. The van der Waals surface area contributed by atoms with Crippen LogP contribution in [-0.4, -0.2) is 171 Å². The second-order valence-electron chi connectivity index (χ2n) is 29.3. The molecular formula is C64H106N4O8+2. The molecule has 0 spiro atoms. The van der Waals surface area contributed by atoms with Gasteiger partial charge in [-0.05, 0) is 141 Å². The van der Waals surface area contributed by atoms with Gasteiger partial charge in [-0.25, -0.2) is 0 Å². The lowest BCUT2D eigenvalue weighted by Gasteiger charge is -2.64. The van der Waals surface area contributed by atoms with Gasteiger partial charge in [0.1, 0.15) is 37.3 Å². The van der Waals surface area contributed by atoms with Gasteiger partial charge in [-0.15, -0.1) is 6.10 Å². The molecule has 2 N–H and O–H groups in total. The van der Waals surface area contributed by atoms with Gasteiger partial charge in [0.25, 0.3) is 0 Å². The summed E-state index contributed by atoms with van der Waals surface area (Å²) in [5, 5.41) is 24.8. The fourth-order valence-corrected chi connectivity index (χ4v) is 22.7. The van der Waals surface area contributed by atoms with Gasteiger partial charge < -0.3 is 43.0 Å². The van der Waals surface area contributed by atoms with E-state index in [1.807, 2.05) is 0 Å². The first-order valence-corrected chi connectivity index (χ1v) is 31.8. The summed E-state index contributed by atoms with van der Waals surface area (Å²) in [6, 6.07) is 1.29. The standard InChI is InChI=1S/C32H53N2O4.C32H52N2O4/c2*1-5-14-34(15-6-7-16-34)28-20-26-24-9-8-23-19-29(36)27(33-12-17-37-18-13-33)21-32(23,4)25(24)10-11-31(26,3)30(28)38-22(2)35/h5,23-30,36H,1,6-21H2,2-4H3;5,23-30H,1,6-21H2,2-4H3/q+1;/p+1/t2*23-,24+,25-,26-,27-,28-,29-,30-,31-,32-/m00/s1. The van der Waals surface area contributed by atoms with Crippen LogP contribution in [0.4, 0.5) is 0 Å². The lowest BCUT2D eigenvalue weighted by molar-refractivity contribution is -0.938. The number of esters is 2. The number of hydrogen-bond acceptors (Lipinski definition) is 9. The second-order valence-corrected chi connectivity index (χ2v) is 29.3. The Bertz CT molecular complexity index is 1940. The molecule has 0 unspecified atom stereocenters. The Balaban J connectivity index is 0.000000162. The van der Waals surface area contributed by atoms with Gasteiger partial charge in [0.05, 0.1) is 65.7 Å². The van der Waals surface area contributed by atoms with Gasteiger partial charge >= 0.3 is 11.9 Å². The summed E-state index contributed by atoms with van der Waals surface area (Å²) in [5.41, 5.74) is 0.660. The van der Waals surface area contributed by atoms with E-state index in [0.717, 1.165) is 113 Å². The summed E-state index contributed by atoms with van der Waals surface area (Å²) in [5.74, 6) is 4.99. The number of carbonyl (C=O) groups excluding carboxylic acids is 2. The Morgan fingerprint density at radius 2 is 1.11 bits per heavy atom. The van der Waals surface area contributed by atoms with Crippen LogP contribution in [0.5, 0.6) is 0 Å². The number of quaternary nitrogens is 3. The fourth-order valence-electron chi connectivity index (χ4n) is 22.7. The summed E-state index contributed by atoms with van der Waals surface area (Å²) in [7, 11) is 0. The highest BCUT2D eigenvalue weighted by atomic mass is 16.6. The maximum atomic E-state index is 13.5. The molecule has 0 radical (unpaired) electrons. The molecule has 428 valence electrons. The zero-order valence-corrected chi connectivity index (χ0v) is 48.6. The van der Waals surface area contributed by atoms with Crippen molar-refractivity contribution < 1.29 is 52.6 Å². The van der Waals surface area contributed by atoms with E-state index < -0.39 is 6.10 Å². The monoisotopic (exact) mass is 1060 g/mol. The van der Waals surface area contributed by atoms with E-state index in [4.69, 9.17) is 18.9 Å². The van der Waals surface area contributed by atoms with Crippen LogP contribution >= 0.6 is 0 Å². The van der Waals surface area contributed by atoms with Crippen molar-refractivity contribution in [2.45, 2.75) is 206 Å². The summed E-state index contributed by atoms with van der Waals surface area (Å²) < 4.78 is 26.2. The molecule has 20 atom stereocenters. The predicted octanol–water partition coefficient (Wildman–Crippen LogP) is 6.77. The van der Waals surface area contributed by atoms with Gasteiger partial charge in [-0.1, -0.05) is 47.3 Å². The molecule has 4 saturated heterocycles. The molecule has 0 aromatic heterocycles. The third kappa shape index (κ3) is 9.48. The Kier molecular flexibility index (Phi) is 16.0. The number of ether oxygens (including phenoxy) is 4. The van der Waals surface area contributed by atoms with E-state index in [9.17, 15) is 19.8 Å². The van der Waals surface area contributed by atoms with Gasteiger partial charge in [0.15, 0.2) is 12.2 Å². The van der Waals surface area contributed by atoms with Gasteiger partial charge in [-0.2, -0.15) is 0 Å². The van der Waals surface area contributed by atoms with Crippen molar-refractivity contribution in [3.05, 3.63) is 25.3 Å². The van der Waals surface area contributed by atoms with Crippen molar-refractivity contribution in [1.29, 1.82) is 0 Å². The van der Waals surface area contributed by atoms with E-state index in [1.165, 1.54) is 110 Å². The lowest BCUT2D eigenvalue weighted by Crippen LogP contribution is -3.19. The Morgan fingerprint density at radius 1 is 0.645 bits per heavy atom. The van der Waals surface area contributed by atoms with Crippen LogP contribution in [0, 0.1) is 69.0 Å². The quantitative estimate of drug-likeness (QED) is 0.139. The molecule has 12 aliphatic rings. The molecule has 0 amide bonds. The number of nitrogens with one attached hydrogen (secondary N) is 1. The first kappa shape index (κ1) is 56.0. The number of aliphatic hydroxyl groups is 1. The third-order valence-corrected chi connectivity index (χ3v) is 26.3. The van der Waals surface area contributed by atoms with Gasteiger partial charge in [-0.3, -0.25) is 14.5 Å². The molecule has 4 heterocycles. The number of morpholine rings is 2. The van der Waals surface area contributed by atoms with Crippen LogP contribution in [0.25, 0.3) is 0 Å². The van der Waals surface area contributed by atoms with Crippen molar-refractivity contribution in [3.8, 4) is 0 Å². The van der Waals surface area contributed by atoms with E-state index >= 15 is 0 Å². The SMILES string of the molecule is C=CC[N+]1([C@H]2C[C@H]3[C@@H]4CC[C@H]5C[C@H](O)[C@@H]([NH+]6CCOCC6)C[C@]5(C)[C@H]4CC[C@]3(C)[C@H]2OC(C)=O)CCCC1.C=CC[N+]1([C@H]2C[C@H]3[C@@H]4CC[C@H]5C[C@H]([O-])[C@@H](N6CCOCC6)C[C@]5(C)[C@H]4CC[C@]3(C)[C@H]2OC(C)=O)CCCC1. The van der Waals surface area contributed by atoms with Crippen LogP contribution in [0.1, 0.15) is 157 Å². The first-order valence-electron chi connectivity index (χ1n) is 31.8. The minimum Gasteiger partial charge on any atom is -0.851 e. The molecule has 12 heteroatoms. The molecule has 8 saturated carbocycles. The summed E-state index contributed by atoms with van der Waals surface area (Å²) in [6.07, 6.45) is 24.9. The molecule has 0 aromatic carbocycles. The van der Waals surface area contributed by atoms with Crippen LogP contribution in [0.3, 0.4) is 0 Å². The maximum Gasteiger partial charge on any atom is 0.303 e. The van der Waals surface area contributed by atoms with E-state index in [-0.39, 0.29) is 52.5 Å². The Hall–Kier alpha value is -1.90. The molecule has 4 aliphatic heterocycles.